The second kappa shape index (κ2) is 3.81. The zero-order valence-electron chi connectivity index (χ0n) is 9.06. The van der Waals surface area contributed by atoms with Gasteiger partial charge in [0.05, 0.1) is 12.6 Å². The van der Waals surface area contributed by atoms with Gasteiger partial charge in [0.15, 0.2) is 6.29 Å². The third kappa shape index (κ3) is 1.39. The van der Waals surface area contributed by atoms with Gasteiger partial charge in [0, 0.05) is 24.1 Å². The van der Waals surface area contributed by atoms with E-state index in [-0.39, 0.29) is 5.56 Å². The van der Waals surface area contributed by atoms with Crippen molar-refractivity contribution < 1.29 is 9.53 Å². The van der Waals surface area contributed by atoms with Crippen molar-refractivity contribution >= 4 is 17.2 Å². The average molecular weight is 217 g/mol. The van der Waals surface area contributed by atoms with Gasteiger partial charge in [-0.25, -0.2) is 0 Å². The molecule has 0 amide bonds. The lowest BCUT2D eigenvalue weighted by Gasteiger charge is -2.10. The molecular weight excluding hydrogens is 206 g/mol. The van der Waals surface area contributed by atoms with Crippen LogP contribution in [-0.2, 0) is 7.05 Å². The third-order valence-electron chi connectivity index (χ3n) is 2.60. The quantitative estimate of drug-likeness (QED) is 0.713. The molecule has 2 rings (SSSR count). The van der Waals surface area contributed by atoms with Crippen molar-refractivity contribution in [3.63, 3.8) is 0 Å². The Balaban J connectivity index is 3.04. The van der Waals surface area contributed by atoms with Crippen molar-refractivity contribution in [3.8, 4) is 5.75 Å². The van der Waals surface area contributed by atoms with Crippen LogP contribution in [0, 0.1) is 0 Å². The van der Waals surface area contributed by atoms with Crippen LogP contribution in [0.4, 0.5) is 0 Å². The lowest BCUT2D eigenvalue weighted by atomic mass is 10.1. The van der Waals surface area contributed by atoms with Gasteiger partial charge in [-0.3, -0.25) is 9.59 Å². The molecule has 1 aromatic carbocycles. The molecule has 1 aromatic heterocycles. The molecule has 0 bridgehead atoms. The molecular formula is C12H11NO3. The standard InChI is InChI=1S/C12H11NO3/c1-13-11(15)6-8(7-14)9-4-3-5-10(16-2)12(9)13/h3-7H,1-2H3. The van der Waals surface area contributed by atoms with Crippen molar-refractivity contribution in [2.75, 3.05) is 7.11 Å². The van der Waals surface area contributed by atoms with Crippen LogP contribution >= 0.6 is 0 Å². The van der Waals surface area contributed by atoms with E-state index in [0.717, 1.165) is 5.39 Å². The SMILES string of the molecule is COc1cccc2c(C=O)cc(=O)n(C)c12. The van der Waals surface area contributed by atoms with E-state index in [2.05, 4.69) is 0 Å². The molecule has 0 aliphatic heterocycles. The number of pyridine rings is 1. The van der Waals surface area contributed by atoms with Crippen LogP contribution in [0.25, 0.3) is 10.9 Å². The topological polar surface area (TPSA) is 48.3 Å². The fourth-order valence-electron chi connectivity index (χ4n) is 1.78. The van der Waals surface area contributed by atoms with Gasteiger partial charge in [-0.15, -0.1) is 0 Å². The van der Waals surface area contributed by atoms with E-state index in [1.54, 1.807) is 25.2 Å². The molecule has 0 aliphatic carbocycles. The molecule has 16 heavy (non-hydrogen) atoms. The van der Waals surface area contributed by atoms with Gasteiger partial charge in [0.2, 0.25) is 0 Å². The van der Waals surface area contributed by atoms with Gasteiger partial charge in [-0.1, -0.05) is 12.1 Å². The summed E-state index contributed by atoms with van der Waals surface area (Å²) in [5, 5.41) is 0.719. The second-order valence-corrected chi connectivity index (χ2v) is 3.47. The number of rotatable bonds is 2. The first-order chi connectivity index (χ1) is 7.69. The molecule has 0 fully saturated rings. The molecule has 82 valence electrons. The fourth-order valence-corrected chi connectivity index (χ4v) is 1.78. The van der Waals surface area contributed by atoms with Crippen molar-refractivity contribution in [2.45, 2.75) is 0 Å². The van der Waals surface area contributed by atoms with Crippen molar-refractivity contribution in [1.29, 1.82) is 0 Å². The molecule has 0 saturated carbocycles. The average Bonchev–Trinajstić information content (AvgIpc) is 2.32. The molecule has 0 N–H and O–H groups in total. The largest absolute Gasteiger partial charge is 0.495 e. The summed E-state index contributed by atoms with van der Waals surface area (Å²) in [4.78, 5) is 22.5. The number of carbonyl (C=O) groups excluding carboxylic acids is 1. The molecule has 4 heteroatoms. The highest BCUT2D eigenvalue weighted by Gasteiger charge is 2.09. The van der Waals surface area contributed by atoms with Crippen molar-refractivity contribution in [2.24, 2.45) is 7.05 Å². The van der Waals surface area contributed by atoms with E-state index < -0.39 is 0 Å². The predicted octanol–water partition coefficient (Wildman–Crippen LogP) is 1.36. The number of hydrogen-bond donors (Lipinski definition) is 0. The first kappa shape index (κ1) is 10.4. The highest BCUT2D eigenvalue weighted by atomic mass is 16.5. The second-order valence-electron chi connectivity index (χ2n) is 3.47. The zero-order chi connectivity index (χ0) is 11.7. The summed E-state index contributed by atoms with van der Waals surface area (Å²) < 4.78 is 6.66. The first-order valence-corrected chi connectivity index (χ1v) is 4.81. The molecule has 4 nitrogen and oxygen atoms in total. The van der Waals surface area contributed by atoms with Gasteiger partial charge in [-0.05, 0) is 6.07 Å². The lowest BCUT2D eigenvalue weighted by molar-refractivity contribution is 0.112. The number of aryl methyl sites for hydroxylation is 1. The minimum absolute atomic E-state index is 0.223. The Kier molecular flexibility index (Phi) is 2.48. The number of benzene rings is 1. The molecule has 2 aromatic rings. The minimum atomic E-state index is -0.223. The number of fused-ring (bicyclic) bond motifs is 1. The number of hydrogen-bond acceptors (Lipinski definition) is 3. The Hall–Kier alpha value is -2.10. The minimum Gasteiger partial charge on any atom is -0.495 e. The summed E-state index contributed by atoms with van der Waals surface area (Å²) in [5.41, 5.74) is 0.802. The maximum atomic E-state index is 11.6. The van der Waals surface area contributed by atoms with Crippen LogP contribution < -0.4 is 10.3 Å². The maximum absolute atomic E-state index is 11.6. The van der Waals surface area contributed by atoms with E-state index >= 15 is 0 Å². The molecule has 0 unspecified atom stereocenters. The molecule has 1 heterocycles. The fraction of sp³-hybridized carbons (Fsp3) is 0.167. The monoisotopic (exact) mass is 217 g/mol. The highest BCUT2D eigenvalue weighted by Crippen LogP contribution is 2.25. The summed E-state index contributed by atoms with van der Waals surface area (Å²) in [7, 11) is 3.19. The number of methoxy groups -OCH3 is 1. The molecule has 0 aliphatic rings. The normalized spacial score (nSPS) is 10.4. The van der Waals surface area contributed by atoms with E-state index in [0.29, 0.717) is 23.1 Å². The summed E-state index contributed by atoms with van der Waals surface area (Å²) in [6.45, 7) is 0. The molecule has 0 saturated heterocycles. The number of nitrogens with zero attached hydrogens (tertiary/aromatic N) is 1. The lowest BCUT2D eigenvalue weighted by Crippen LogP contribution is -2.17. The summed E-state index contributed by atoms with van der Waals surface area (Å²) in [6, 6.07) is 6.67. The van der Waals surface area contributed by atoms with Crippen LogP contribution in [0.2, 0.25) is 0 Å². The number of ether oxygens (including phenoxy) is 1. The molecule has 0 radical (unpaired) electrons. The predicted molar refractivity (Wildman–Crippen MR) is 61.1 cm³/mol. The number of aldehydes is 1. The van der Waals surface area contributed by atoms with Gasteiger partial charge in [-0.2, -0.15) is 0 Å². The summed E-state index contributed by atoms with van der Waals surface area (Å²) in [5.74, 6) is 0.584. The van der Waals surface area contributed by atoms with E-state index in [9.17, 15) is 9.59 Å². The Bertz CT molecular complexity index is 613. The van der Waals surface area contributed by atoms with E-state index in [4.69, 9.17) is 4.74 Å². The van der Waals surface area contributed by atoms with Gasteiger partial charge in [0.25, 0.3) is 5.56 Å². The zero-order valence-corrected chi connectivity index (χ0v) is 9.06. The molecule has 0 spiro atoms. The van der Waals surface area contributed by atoms with Crippen LogP contribution in [0.3, 0.4) is 0 Å². The van der Waals surface area contributed by atoms with Crippen molar-refractivity contribution in [3.05, 3.63) is 40.2 Å². The Morgan fingerprint density at radius 1 is 1.38 bits per heavy atom. The first-order valence-electron chi connectivity index (χ1n) is 4.81. The molecule has 0 atom stereocenters. The van der Waals surface area contributed by atoms with E-state index in [1.165, 1.54) is 17.7 Å². The van der Waals surface area contributed by atoms with Crippen LogP contribution in [0.1, 0.15) is 10.4 Å². The van der Waals surface area contributed by atoms with Gasteiger partial charge >= 0.3 is 0 Å². The van der Waals surface area contributed by atoms with Crippen molar-refractivity contribution in [1.82, 2.24) is 4.57 Å². The smallest absolute Gasteiger partial charge is 0.251 e. The highest BCUT2D eigenvalue weighted by molar-refractivity contribution is 5.98. The van der Waals surface area contributed by atoms with E-state index in [1.807, 2.05) is 0 Å². The van der Waals surface area contributed by atoms with Crippen LogP contribution in [0.15, 0.2) is 29.1 Å². The maximum Gasteiger partial charge on any atom is 0.251 e. The number of para-hydroxylation sites is 1. The third-order valence-corrected chi connectivity index (χ3v) is 2.60. The van der Waals surface area contributed by atoms with Gasteiger partial charge in [0.1, 0.15) is 5.75 Å². The number of carbonyl (C=O) groups is 1. The summed E-state index contributed by atoms with van der Waals surface area (Å²) in [6.07, 6.45) is 0.684. The summed E-state index contributed by atoms with van der Waals surface area (Å²) >= 11 is 0. The Labute approximate surface area is 92.1 Å². The van der Waals surface area contributed by atoms with Crippen LogP contribution in [-0.4, -0.2) is 18.0 Å². The Morgan fingerprint density at radius 3 is 2.75 bits per heavy atom. The van der Waals surface area contributed by atoms with Crippen LogP contribution in [0.5, 0.6) is 5.75 Å². The Morgan fingerprint density at radius 2 is 2.12 bits per heavy atom. The van der Waals surface area contributed by atoms with Gasteiger partial charge < -0.3 is 9.30 Å². The number of aromatic nitrogens is 1.